The van der Waals surface area contributed by atoms with Crippen molar-refractivity contribution >= 4 is 54.1 Å². The molecule has 2 heterocycles. The Kier molecular flexibility index (Phi) is 4.20. The van der Waals surface area contributed by atoms with Gasteiger partial charge in [0.15, 0.2) is 5.69 Å². The fourth-order valence-electron chi connectivity index (χ4n) is 2.81. The normalized spacial score (nSPS) is 11.8. The van der Waals surface area contributed by atoms with Crippen LogP contribution in [-0.2, 0) is 14.8 Å². The number of hydrogen-bond acceptors (Lipinski definition) is 6. The van der Waals surface area contributed by atoms with Gasteiger partial charge >= 0.3 is 10.8 Å². The Morgan fingerprint density at radius 3 is 2.64 bits per heavy atom. The van der Waals surface area contributed by atoms with Crippen LogP contribution >= 0.6 is 11.3 Å². The first-order valence-electron chi connectivity index (χ1n) is 7.84. The Morgan fingerprint density at radius 1 is 1.14 bits per heavy atom. The zero-order chi connectivity index (χ0) is 20.1. The van der Waals surface area contributed by atoms with Gasteiger partial charge in [-0.15, -0.1) is 0 Å². The number of thiazole rings is 1. The molecule has 0 unspecified atom stereocenters. The third-order valence-corrected chi connectivity index (χ3v) is 6.28. The summed E-state index contributed by atoms with van der Waals surface area (Å²) in [6.07, 6.45) is 0. The number of esters is 1. The van der Waals surface area contributed by atoms with Crippen LogP contribution in [0.4, 0.5) is 10.1 Å². The van der Waals surface area contributed by atoms with Crippen molar-refractivity contribution in [1.29, 1.82) is 0 Å². The summed E-state index contributed by atoms with van der Waals surface area (Å²) < 4.78 is 47.0. The number of anilines is 1. The minimum Gasteiger partial charge on any atom is -0.464 e. The molecule has 4 rings (SSSR count). The van der Waals surface area contributed by atoms with Crippen LogP contribution in [0.15, 0.2) is 46.1 Å². The monoisotopic (exact) mass is 421 g/mol. The van der Waals surface area contributed by atoms with Crippen molar-refractivity contribution in [3.63, 3.8) is 0 Å². The lowest BCUT2D eigenvalue weighted by Crippen LogP contribution is -2.15. The maximum atomic E-state index is 13.7. The van der Waals surface area contributed by atoms with Crippen molar-refractivity contribution in [3.05, 3.63) is 57.6 Å². The molecule has 2 aromatic carbocycles. The molecular formula is C17H12FN3O5S2. The molecule has 0 aliphatic heterocycles. The Morgan fingerprint density at radius 2 is 1.89 bits per heavy atom. The summed E-state index contributed by atoms with van der Waals surface area (Å²) in [6, 6.07) is 7.81. The molecule has 0 fully saturated rings. The predicted octanol–water partition coefficient (Wildman–Crippen LogP) is 2.80. The van der Waals surface area contributed by atoms with Gasteiger partial charge in [0.25, 0.3) is 10.0 Å². The van der Waals surface area contributed by atoms with E-state index in [9.17, 15) is 22.4 Å². The standard InChI is InChI=1S/C17H12FN3O5S2/c1-26-16(22)15-14(10-6-8(18)2-4-11(10)19-15)21-28(24,25)9-3-5-12-13(7-9)27-17(23)20-12/h2-7,19,21H,1H3,(H,20,23). The quantitative estimate of drug-likeness (QED) is 0.438. The lowest BCUT2D eigenvalue weighted by Gasteiger charge is -2.09. The van der Waals surface area contributed by atoms with E-state index in [1.807, 2.05) is 0 Å². The highest BCUT2D eigenvalue weighted by atomic mass is 32.2. The van der Waals surface area contributed by atoms with Crippen LogP contribution < -0.4 is 9.60 Å². The molecule has 0 bridgehead atoms. The van der Waals surface area contributed by atoms with Crippen molar-refractivity contribution < 1.29 is 22.3 Å². The van der Waals surface area contributed by atoms with Crippen LogP contribution in [0, 0.1) is 5.82 Å². The molecule has 4 aromatic rings. The topological polar surface area (TPSA) is 121 Å². The number of halogens is 1. The fraction of sp³-hybridized carbons (Fsp3) is 0.0588. The molecule has 2 aromatic heterocycles. The molecule has 0 saturated heterocycles. The summed E-state index contributed by atoms with van der Waals surface area (Å²) in [6.45, 7) is 0. The molecule has 0 amide bonds. The van der Waals surface area contributed by atoms with Crippen molar-refractivity contribution in [3.8, 4) is 0 Å². The third kappa shape index (κ3) is 3.04. The summed E-state index contributed by atoms with van der Waals surface area (Å²) in [5, 5.41) is 0.177. The number of ether oxygens (including phenoxy) is 1. The van der Waals surface area contributed by atoms with E-state index >= 15 is 0 Å². The molecule has 0 saturated carbocycles. The molecule has 11 heteroatoms. The molecule has 0 aliphatic rings. The first kappa shape index (κ1) is 18.2. The molecule has 0 atom stereocenters. The second-order valence-corrected chi connectivity index (χ2v) is 8.53. The number of rotatable bonds is 4. The van der Waals surface area contributed by atoms with Crippen LogP contribution in [-0.4, -0.2) is 31.5 Å². The Hall–Kier alpha value is -3.18. The van der Waals surface area contributed by atoms with Gasteiger partial charge in [-0.2, -0.15) is 0 Å². The number of aromatic amines is 2. The number of benzene rings is 2. The van der Waals surface area contributed by atoms with Crippen LogP contribution in [0.5, 0.6) is 0 Å². The average molecular weight is 421 g/mol. The van der Waals surface area contributed by atoms with E-state index in [-0.39, 0.29) is 26.5 Å². The minimum atomic E-state index is -4.14. The fourth-order valence-corrected chi connectivity index (χ4v) is 4.78. The maximum Gasteiger partial charge on any atom is 0.356 e. The van der Waals surface area contributed by atoms with Crippen LogP contribution in [0.1, 0.15) is 10.5 Å². The van der Waals surface area contributed by atoms with Crippen LogP contribution in [0.3, 0.4) is 0 Å². The van der Waals surface area contributed by atoms with Gasteiger partial charge in [0.1, 0.15) is 5.82 Å². The van der Waals surface area contributed by atoms with Gasteiger partial charge in [0.05, 0.1) is 27.9 Å². The summed E-state index contributed by atoms with van der Waals surface area (Å²) in [4.78, 5) is 28.4. The summed E-state index contributed by atoms with van der Waals surface area (Å²) >= 11 is 0.873. The average Bonchev–Trinajstić information content (AvgIpc) is 3.19. The lowest BCUT2D eigenvalue weighted by molar-refractivity contribution is 0.0596. The number of sulfonamides is 1. The highest BCUT2D eigenvalue weighted by molar-refractivity contribution is 7.92. The molecule has 3 N–H and O–H groups in total. The Balaban J connectivity index is 1.86. The van der Waals surface area contributed by atoms with E-state index in [4.69, 9.17) is 0 Å². The van der Waals surface area contributed by atoms with Crippen molar-refractivity contribution in [2.45, 2.75) is 4.90 Å². The number of nitrogens with one attached hydrogen (secondary N) is 3. The van der Waals surface area contributed by atoms with E-state index in [2.05, 4.69) is 19.4 Å². The van der Waals surface area contributed by atoms with Crippen LogP contribution in [0.2, 0.25) is 0 Å². The molecule has 0 radical (unpaired) electrons. The third-order valence-electron chi connectivity index (χ3n) is 4.09. The highest BCUT2D eigenvalue weighted by Crippen LogP contribution is 2.31. The second kappa shape index (κ2) is 6.46. The number of methoxy groups -OCH3 is 1. The number of carbonyl (C=O) groups excluding carboxylic acids is 1. The first-order valence-corrected chi connectivity index (χ1v) is 10.1. The first-order chi connectivity index (χ1) is 13.3. The summed E-state index contributed by atoms with van der Waals surface area (Å²) in [5.41, 5.74) is 0.597. The zero-order valence-electron chi connectivity index (χ0n) is 14.2. The van der Waals surface area contributed by atoms with E-state index in [1.54, 1.807) is 0 Å². The zero-order valence-corrected chi connectivity index (χ0v) is 15.8. The van der Waals surface area contributed by atoms with Gasteiger partial charge in [0, 0.05) is 10.9 Å². The van der Waals surface area contributed by atoms with E-state index in [1.165, 1.54) is 30.3 Å². The SMILES string of the molecule is COC(=O)c1[nH]c2ccc(F)cc2c1NS(=O)(=O)c1ccc2[nH]c(=O)sc2c1. The van der Waals surface area contributed by atoms with Crippen molar-refractivity contribution in [2.24, 2.45) is 0 Å². The minimum absolute atomic E-state index is 0.114. The molecular weight excluding hydrogens is 409 g/mol. The number of hydrogen-bond donors (Lipinski definition) is 3. The van der Waals surface area contributed by atoms with Crippen LogP contribution in [0.25, 0.3) is 21.1 Å². The molecule has 0 spiro atoms. The molecule has 0 aliphatic carbocycles. The van der Waals surface area contributed by atoms with Crippen molar-refractivity contribution in [2.75, 3.05) is 11.8 Å². The van der Waals surface area contributed by atoms with Gasteiger partial charge in [-0.3, -0.25) is 9.52 Å². The summed E-state index contributed by atoms with van der Waals surface area (Å²) in [7, 11) is -3.00. The van der Waals surface area contributed by atoms with E-state index in [0.29, 0.717) is 15.7 Å². The number of H-pyrrole nitrogens is 2. The van der Waals surface area contributed by atoms with E-state index < -0.39 is 21.8 Å². The maximum absolute atomic E-state index is 13.7. The Bertz CT molecular complexity index is 1400. The second-order valence-electron chi connectivity index (χ2n) is 5.83. The number of carbonyl (C=O) groups is 1. The van der Waals surface area contributed by atoms with Gasteiger partial charge in [-0.25, -0.2) is 17.6 Å². The molecule has 144 valence electrons. The highest BCUT2D eigenvalue weighted by Gasteiger charge is 2.24. The largest absolute Gasteiger partial charge is 0.464 e. The smallest absolute Gasteiger partial charge is 0.356 e. The number of fused-ring (bicyclic) bond motifs is 2. The van der Waals surface area contributed by atoms with Crippen molar-refractivity contribution in [1.82, 2.24) is 9.97 Å². The molecule has 8 nitrogen and oxygen atoms in total. The van der Waals surface area contributed by atoms with Gasteiger partial charge < -0.3 is 14.7 Å². The van der Waals surface area contributed by atoms with Gasteiger partial charge in [0.2, 0.25) is 0 Å². The lowest BCUT2D eigenvalue weighted by atomic mass is 10.2. The van der Waals surface area contributed by atoms with Gasteiger partial charge in [-0.1, -0.05) is 11.3 Å². The van der Waals surface area contributed by atoms with Gasteiger partial charge in [-0.05, 0) is 36.4 Å². The molecule has 28 heavy (non-hydrogen) atoms. The summed E-state index contributed by atoms with van der Waals surface area (Å²) in [5.74, 6) is -1.41. The number of aromatic nitrogens is 2. The van der Waals surface area contributed by atoms with E-state index in [0.717, 1.165) is 24.5 Å². The predicted molar refractivity (Wildman–Crippen MR) is 103 cm³/mol. The Labute approximate surface area is 161 Å².